The second kappa shape index (κ2) is 12.5. The molecule has 34 heavy (non-hydrogen) atoms. The van der Waals surface area contributed by atoms with E-state index in [9.17, 15) is 23.1 Å². The summed E-state index contributed by atoms with van der Waals surface area (Å²) in [5.41, 5.74) is 2.41. The van der Waals surface area contributed by atoms with E-state index in [1.807, 2.05) is 24.3 Å². The molecular weight excluding hydrogens is 445 g/mol. The van der Waals surface area contributed by atoms with Crippen molar-refractivity contribution in [3.8, 4) is 28.7 Å². The van der Waals surface area contributed by atoms with Crippen LogP contribution in [0.2, 0.25) is 0 Å². The quantitative estimate of drug-likeness (QED) is 0.454. The number of aliphatic carboxylic acids is 1. The fourth-order valence-corrected chi connectivity index (χ4v) is 3.25. The van der Waals surface area contributed by atoms with Crippen molar-refractivity contribution in [1.82, 2.24) is 0 Å². The van der Waals surface area contributed by atoms with E-state index in [-0.39, 0.29) is 25.9 Å². The molecule has 3 aromatic rings. The first-order valence-corrected chi connectivity index (χ1v) is 9.87. The van der Waals surface area contributed by atoms with Crippen LogP contribution in [0.25, 0.3) is 11.1 Å². The fraction of sp³-hybridized carbons (Fsp3) is 0.222. The van der Waals surface area contributed by atoms with E-state index in [0.29, 0.717) is 11.3 Å². The van der Waals surface area contributed by atoms with Gasteiger partial charge in [0.25, 0.3) is 0 Å². The normalized spacial score (nSPS) is 11.2. The van der Waals surface area contributed by atoms with E-state index in [2.05, 4.69) is 11.8 Å². The van der Waals surface area contributed by atoms with Gasteiger partial charge in [-0.1, -0.05) is 55.8 Å². The highest BCUT2D eigenvalue weighted by Crippen LogP contribution is 2.31. The fourth-order valence-electron chi connectivity index (χ4n) is 3.25. The first-order valence-electron chi connectivity index (χ1n) is 9.87. The van der Waals surface area contributed by atoms with Crippen LogP contribution >= 0.6 is 0 Å². The van der Waals surface area contributed by atoms with Gasteiger partial charge < -0.3 is 20.1 Å². The number of rotatable bonds is 7. The van der Waals surface area contributed by atoms with E-state index in [0.717, 1.165) is 28.8 Å². The summed E-state index contributed by atoms with van der Waals surface area (Å²) in [6.07, 6.45) is -4.55. The van der Waals surface area contributed by atoms with Gasteiger partial charge in [0.2, 0.25) is 0 Å². The highest BCUT2D eigenvalue weighted by Gasteiger charge is 2.29. The van der Waals surface area contributed by atoms with Gasteiger partial charge in [-0.2, -0.15) is 13.2 Å². The predicted molar refractivity (Wildman–Crippen MR) is 124 cm³/mol. The summed E-state index contributed by atoms with van der Waals surface area (Å²) >= 11 is 0. The number of hydrogen-bond acceptors (Lipinski definition) is 3. The molecule has 0 saturated heterocycles. The molecule has 4 nitrogen and oxygen atoms in total. The van der Waals surface area contributed by atoms with Crippen molar-refractivity contribution in [1.29, 1.82) is 0 Å². The second-order valence-corrected chi connectivity index (χ2v) is 7.16. The minimum atomic E-state index is -4.36. The maximum Gasteiger partial charge on any atom is 0.416 e. The van der Waals surface area contributed by atoms with E-state index >= 15 is 0 Å². The van der Waals surface area contributed by atoms with Crippen molar-refractivity contribution in [2.24, 2.45) is 0 Å². The zero-order valence-corrected chi connectivity index (χ0v) is 17.8. The lowest BCUT2D eigenvalue weighted by Crippen LogP contribution is -2.24. The van der Waals surface area contributed by atoms with Crippen LogP contribution in [0.1, 0.15) is 43.4 Å². The largest absolute Gasteiger partial charge is 0.550 e. The summed E-state index contributed by atoms with van der Waals surface area (Å²) in [5, 5.41) is 10.9. The van der Waals surface area contributed by atoms with E-state index in [1.54, 1.807) is 31.2 Å². The van der Waals surface area contributed by atoms with Crippen molar-refractivity contribution in [3.05, 3.63) is 89.5 Å². The molecule has 1 atom stereocenters. The summed E-state index contributed by atoms with van der Waals surface area (Å²) in [6.45, 7) is 1.92. The maximum atomic E-state index is 12.8. The van der Waals surface area contributed by atoms with Crippen molar-refractivity contribution in [3.63, 3.8) is 0 Å². The average molecular weight is 471 g/mol. The van der Waals surface area contributed by atoms with Crippen LogP contribution in [-0.2, 0) is 17.6 Å². The van der Waals surface area contributed by atoms with Crippen molar-refractivity contribution in [2.45, 2.75) is 39.5 Å². The third kappa shape index (κ3) is 7.68. The molecule has 0 heterocycles. The Morgan fingerprint density at radius 2 is 1.65 bits per heavy atom. The molecule has 0 aromatic heterocycles. The summed E-state index contributed by atoms with van der Waals surface area (Å²) < 4.78 is 44.1. The maximum absolute atomic E-state index is 12.8. The van der Waals surface area contributed by atoms with E-state index in [1.165, 1.54) is 12.1 Å². The zero-order valence-electron chi connectivity index (χ0n) is 17.8. The molecule has 0 amide bonds. The van der Waals surface area contributed by atoms with Gasteiger partial charge >= 0.3 is 6.18 Å². The number of ether oxygens (including phenoxy) is 1. The average Bonchev–Trinajstić information content (AvgIpc) is 2.77. The molecule has 3 rings (SSSR count). The third-order valence-corrected chi connectivity index (χ3v) is 4.85. The number of hydrogen-bond donors (Lipinski definition) is 0. The van der Waals surface area contributed by atoms with Crippen LogP contribution in [0, 0.1) is 11.8 Å². The number of alkyl halides is 3. The van der Waals surface area contributed by atoms with Gasteiger partial charge in [0.1, 0.15) is 12.4 Å². The van der Waals surface area contributed by atoms with Crippen LogP contribution in [0.5, 0.6) is 5.75 Å². The van der Waals surface area contributed by atoms with Crippen molar-refractivity contribution < 1.29 is 33.3 Å². The summed E-state index contributed by atoms with van der Waals surface area (Å²) in [4.78, 5) is 10.9. The van der Waals surface area contributed by atoms with Gasteiger partial charge in [-0.3, -0.25) is 0 Å². The van der Waals surface area contributed by atoms with Crippen LogP contribution in [0.3, 0.4) is 0 Å². The summed E-state index contributed by atoms with van der Waals surface area (Å²) in [6, 6.07) is 19.4. The van der Waals surface area contributed by atoms with Gasteiger partial charge in [0, 0.05) is 12.4 Å². The molecule has 3 aromatic carbocycles. The highest BCUT2D eigenvalue weighted by atomic mass is 19.4. The smallest absolute Gasteiger partial charge is 0.416 e. The lowest BCUT2D eigenvalue weighted by molar-refractivity contribution is -0.305. The van der Waals surface area contributed by atoms with Crippen LogP contribution in [0.15, 0.2) is 72.8 Å². The number of carbonyl (C=O) groups excluding carboxylic acids is 1. The first-order chi connectivity index (χ1) is 15.3. The van der Waals surface area contributed by atoms with Crippen LogP contribution in [0.4, 0.5) is 13.2 Å². The molecule has 0 saturated carbocycles. The van der Waals surface area contributed by atoms with Gasteiger partial charge in [0.15, 0.2) is 0 Å². The molecular formula is C27H26F3O4-. The monoisotopic (exact) mass is 471 g/mol. The van der Waals surface area contributed by atoms with Crippen LogP contribution in [-0.4, -0.2) is 11.4 Å². The Kier molecular flexibility index (Phi) is 10.4. The predicted octanol–water partition coefficient (Wildman–Crippen LogP) is 5.01. The Bertz CT molecular complexity index is 1130. The summed E-state index contributed by atoms with van der Waals surface area (Å²) in [5.74, 6) is 4.60. The number of halogens is 3. The van der Waals surface area contributed by atoms with E-state index in [4.69, 9.17) is 4.74 Å². The van der Waals surface area contributed by atoms with Crippen molar-refractivity contribution >= 4 is 5.97 Å². The minimum absolute atomic E-state index is 0. The minimum Gasteiger partial charge on any atom is -0.550 e. The first kappa shape index (κ1) is 28.3. The number of carbonyl (C=O) groups is 1. The van der Waals surface area contributed by atoms with Gasteiger partial charge in [-0.05, 0) is 59.5 Å². The van der Waals surface area contributed by atoms with Gasteiger partial charge in [-0.15, -0.1) is 5.92 Å². The Morgan fingerprint density at radius 1 is 1.00 bits per heavy atom. The summed E-state index contributed by atoms with van der Waals surface area (Å²) in [7, 11) is 0. The van der Waals surface area contributed by atoms with Gasteiger partial charge in [-0.25, -0.2) is 0 Å². The van der Waals surface area contributed by atoms with E-state index < -0.39 is 23.6 Å². The molecule has 0 unspecified atom stereocenters. The Labute approximate surface area is 197 Å². The number of benzene rings is 3. The standard InChI is InChI=1S/C26H21F3O3.CH4.H2O/c1-2-4-21(16-25(30)31)20-9-13-24(14-10-20)32-17-18-5-3-6-22(15-18)19-7-11-23(12-8-19)26(27,28)29;;/h3,5-15,21H,16-17H2,1H3,(H,30,31);1H4;1H2/p-1/t21-;;/m0../s1. The van der Waals surface area contributed by atoms with Crippen molar-refractivity contribution in [2.75, 3.05) is 0 Å². The Hall–Kier alpha value is -3.76. The SMILES string of the molecule is C.CC#C[C@@H](CC(=O)[O-])c1ccc(OCc2cccc(-c3ccc(C(F)(F)F)cc3)c2)cc1.O. The molecule has 7 heteroatoms. The molecule has 0 spiro atoms. The number of carboxylic acid groups (broad SMARTS) is 1. The molecule has 0 aliphatic carbocycles. The zero-order chi connectivity index (χ0) is 23.1. The highest BCUT2D eigenvalue weighted by molar-refractivity contribution is 5.67. The second-order valence-electron chi connectivity index (χ2n) is 7.16. The molecule has 0 aliphatic rings. The molecule has 0 fully saturated rings. The topological polar surface area (TPSA) is 80.9 Å². The number of carboxylic acids is 1. The van der Waals surface area contributed by atoms with Gasteiger partial charge in [0.05, 0.1) is 11.5 Å². The molecule has 0 aliphatic heterocycles. The molecule has 2 N–H and O–H groups in total. The molecule has 0 radical (unpaired) electrons. The Morgan fingerprint density at radius 3 is 2.21 bits per heavy atom. The molecule has 0 bridgehead atoms. The third-order valence-electron chi connectivity index (χ3n) is 4.85. The van der Waals surface area contributed by atoms with Crippen LogP contribution < -0.4 is 9.84 Å². The lowest BCUT2D eigenvalue weighted by atomic mass is 9.96. The lowest BCUT2D eigenvalue weighted by Gasteiger charge is -2.13. The Balaban J connectivity index is 0.00000289. The molecule has 180 valence electrons.